The molecule has 3 rings (SSSR count). The van der Waals surface area contributed by atoms with E-state index in [2.05, 4.69) is 14.9 Å². The number of nitrogens with zero attached hydrogens (tertiary/aromatic N) is 2. The molecule has 17 heavy (non-hydrogen) atoms. The highest BCUT2D eigenvalue weighted by Crippen LogP contribution is 2.30. The van der Waals surface area contributed by atoms with Gasteiger partial charge in [-0.3, -0.25) is 0 Å². The largest absolute Gasteiger partial charge is 0.455 e. The molecule has 0 fully saturated rings. The smallest absolute Gasteiger partial charge is 0.179 e. The molecule has 0 spiro atoms. The lowest BCUT2D eigenvalue weighted by Crippen LogP contribution is -1.90. The summed E-state index contributed by atoms with van der Waals surface area (Å²) in [5, 5.41) is 7.51. The Morgan fingerprint density at radius 3 is 2.53 bits per heavy atom. The fourth-order valence-corrected chi connectivity index (χ4v) is 1.56. The molecule has 0 aliphatic heterocycles. The van der Waals surface area contributed by atoms with Gasteiger partial charge in [-0.2, -0.15) is 0 Å². The number of hydrogen-bond donors (Lipinski definition) is 1. The summed E-state index contributed by atoms with van der Waals surface area (Å²) in [7, 11) is 0. The Kier molecular flexibility index (Phi) is 2.15. The normalized spacial score (nSPS) is 10.6. The summed E-state index contributed by atoms with van der Waals surface area (Å²) in [6.45, 7) is 0. The summed E-state index contributed by atoms with van der Waals surface area (Å²) in [6.07, 6.45) is 0. The van der Waals surface area contributed by atoms with Crippen LogP contribution in [0.15, 0.2) is 47.1 Å². The van der Waals surface area contributed by atoms with Gasteiger partial charge in [-0.15, -0.1) is 0 Å². The maximum atomic E-state index is 5.74. The molecule has 0 aliphatic rings. The molecule has 5 heteroatoms. The van der Waals surface area contributed by atoms with Crippen molar-refractivity contribution < 1.29 is 9.37 Å². The molecule has 0 saturated carbocycles. The average molecular weight is 227 g/mol. The van der Waals surface area contributed by atoms with Crippen molar-refractivity contribution in [2.24, 2.45) is 0 Å². The monoisotopic (exact) mass is 227 g/mol. The van der Waals surface area contributed by atoms with E-state index in [1.165, 1.54) is 0 Å². The van der Waals surface area contributed by atoms with Crippen LogP contribution in [0.5, 0.6) is 11.5 Å². The van der Waals surface area contributed by atoms with Crippen molar-refractivity contribution in [3.63, 3.8) is 0 Å². The minimum atomic E-state index is 0.512. The maximum absolute atomic E-state index is 5.74. The van der Waals surface area contributed by atoms with Crippen molar-refractivity contribution in [3.05, 3.63) is 42.5 Å². The predicted molar refractivity (Wildman–Crippen MR) is 62.7 cm³/mol. The van der Waals surface area contributed by atoms with Crippen LogP contribution in [0.3, 0.4) is 0 Å². The molecule has 84 valence electrons. The molecule has 3 aromatic rings. The second kappa shape index (κ2) is 3.79. The number of fused-ring (bicyclic) bond motifs is 1. The van der Waals surface area contributed by atoms with Gasteiger partial charge in [0, 0.05) is 0 Å². The highest BCUT2D eigenvalue weighted by Gasteiger charge is 2.11. The first-order chi connectivity index (χ1) is 8.34. The van der Waals surface area contributed by atoms with E-state index >= 15 is 0 Å². The Morgan fingerprint density at radius 1 is 0.941 bits per heavy atom. The van der Waals surface area contributed by atoms with Gasteiger partial charge in [-0.25, -0.2) is 4.63 Å². The number of para-hydroxylation sites is 1. The van der Waals surface area contributed by atoms with Gasteiger partial charge >= 0.3 is 0 Å². The molecule has 0 bridgehead atoms. The lowest BCUT2D eigenvalue weighted by Gasteiger charge is -2.05. The van der Waals surface area contributed by atoms with Crippen LogP contribution in [0, 0.1) is 0 Å². The first-order valence-corrected chi connectivity index (χ1v) is 5.08. The fourth-order valence-electron chi connectivity index (χ4n) is 1.56. The van der Waals surface area contributed by atoms with Gasteiger partial charge in [0.25, 0.3) is 0 Å². The topological polar surface area (TPSA) is 74.2 Å². The second-order valence-corrected chi connectivity index (χ2v) is 3.53. The molecule has 0 amide bonds. The molecular formula is C12H9N3O2. The van der Waals surface area contributed by atoms with E-state index in [-0.39, 0.29) is 0 Å². The van der Waals surface area contributed by atoms with Crippen molar-refractivity contribution in [3.8, 4) is 11.5 Å². The summed E-state index contributed by atoms with van der Waals surface area (Å²) < 4.78 is 10.4. The van der Waals surface area contributed by atoms with Crippen molar-refractivity contribution >= 4 is 16.7 Å². The van der Waals surface area contributed by atoms with Gasteiger partial charge in [0.15, 0.2) is 16.8 Å². The van der Waals surface area contributed by atoms with Gasteiger partial charge in [0.1, 0.15) is 5.75 Å². The molecule has 0 unspecified atom stereocenters. The molecule has 1 aromatic heterocycles. The van der Waals surface area contributed by atoms with Crippen molar-refractivity contribution in [2.75, 3.05) is 5.73 Å². The molecule has 0 radical (unpaired) electrons. The van der Waals surface area contributed by atoms with Crippen LogP contribution in [-0.2, 0) is 0 Å². The minimum absolute atomic E-state index is 0.512. The highest BCUT2D eigenvalue weighted by atomic mass is 16.6. The standard InChI is InChI=1S/C12H9N3O2/c13-9-6-7-10(12-11(9)14-17-15-12)16-8-4-2-1-3-5-8/h1-7H,13H2. The zero-order valence-electron chi connectivity index (χ0n) is 8.83. The average Bonchev–Trinajstić information content (AvgIpc) is 2.84. The first kappa shape index (κ1) is 9.65. The van der Waals surface area contributed by atoms with E-state index in [1.54, 1.807) is 12.1 Å². The number of anilines is 1. The molecule has 2 aromatic carbocycles. The van der Waals surface area contributed by atoms with Gasteiger partial charge in [0.05, 0.1) is 5.69 Å². The van der Waals surface area contributed by atoms with Crippen molar-refractivity contribution in [1.29, 1.82) is 0 Å². The third-order valence-electron chi connectivity index (χ3n) is 2.38. The third-order valence-corrected chi connectivity index (χ3v) is 2.38. The van der Waals surface area contributed by atoms with Crippen LogP contribution < -0.4 is 10.5 Å². The first-order valence-electron chi connectivity index (χ1n) is 5.08. The fraction of sp³-hybridized carbons (Fsp3) is 0. The maximum Gasteiger partial charge on any atom is 0.179 e. The van der Waals surface area contributed by atoms with E-state index in [9.17, 15) is 0 Å². The zero-order valence-corrected chi connectivity index (χ0v) is 8.83. The lowest BCUT2D eigenvalue weighted by molar-refractivity contribution is 0.314. The number of hydrogen-bond acceptors (Lipinski definition) is 5. The van der Waals surface area contributed by atoms with Crippen LogP contribution >= 0.6 is 0 Å². The number of benzene rings is 2. The third kappa shape index (κ3) is 1.67. The van der Waals surface area contributed by atoms with Gasteiger partial charge in [0.2, 0.25) is 0 Å². The number of nitrogens with two attached hydrogens (primary N) is 1. The summed E-state index contributed by atoms with van der Waals surface area (Å²) in [5.74, 6) is 1.29. The van der Waals surface area contributed by atoms with E-state index in [1.807, 2.05) is 30.3 Å². The van der Waals surface area contributed by atoms with Crippen LogP contribution in [0.1, 0.15) is 0 Å². The summed E-state index contributed by atoms with van der Waals surface area (Å²) in [4.78, 5) is 0. The van der Waals surface area contributed by atoms with E-state index < -0.39 is 0 Å². The second-order valence-electron chi connectivity index (χ2n) is 3.53. The number of ether oxygens (including phenoxy) is 1. The molecule has 0 saturated heterocycles. The van der Waals surface area contributed by atoms with Gasteiger partial charge in [-0.05, 0) is 34.6 Å². The van der Waals surface area contributed by atoms with Crippen molar-refractivity contribution in [1.82, 2.24) is 10.3 Å². The Hall–Kier alpha value is -2.56. The van der Waals surface area contributed by atoms with E-state index in [0.717, 1.165) is 5.75 Å². The molecular weight excluding hydrogens is 218 g/mol. The zero-order chi connectivity index (χ0) is 11.7. The van der Waals surface area contributed by atoms with E-state index in [4.69, 9.17) is 10.5 Å². The SMILES string of the molecule is Nc1ccc(Oc2ccccc2)c2nonc12. The van der Waals surface area contributed by atoms with Gasteiger partial charge < -0.3 is 10.5 Å². The predicted octanol–water partition coefficient (Wildman–Crippen LogP) is 2.60. The lowest BCUT2D eigenvalue weighted by atomic mass is 10.2. The number of rotatable bonds is 2. The van der Waals surface area contributed by atoms with Crippen LogP contribution in [-0.4, -0.2) is 10.3 Å². The molecule has 2 N–H and O–H groups in total. The highest BCUT2D eigenvalue weighted by molar-refractivity contribution is 5.90. The Balaban J connectivity index is 2.07. The Morgan fingerprint density at radius 2 is 1.71 bits per heavy atom. The molecule has 1 heterocycles. The number of nitrogen functional groups attached to an aromatic ring is 1. The quantitative estimate of drug-likeness (QED) is 0.681. The van der Waals surface area contributed by atoms with Gasteiger partial charge in [-0.1, -0.05) is 18.2 Å². The summed E-state index contributed by atoms with van der Waals surface area (Å²) >= 11 is 0. The Labute approximate surface area is 96.8 Å². The summed E-state index contributed by atoms with van der Waals surface area (Å²) in [6, 6.07) is 12.9. The summed E-state index contributed by atoms with van der Waals surface area (Å²) in [5.41, 5.74) is 7.29. The Bertz CT molecular complexity index is 649. The van der Waals surface area contributed by atoms with E-state index in [0.29, 0.717) is 22.5 Å². The van der Waals surface area contributed by atoms with Crippen LogP contribution in [0.4, 0.5) is 5.69 Å². The van der Waals surface area contributed by atoms with Crippen LogP contribution in [0.25, 0.3) is 11.0 Å². The molecule has 5 nitrogen and oxygen atoms in total. The van der Waals surface area contributed by atoms with Crippen molar-refractivity contribution in [2.45, 2.75) is 0 Å². The minimum Gasteiger partial charge on any atom is -0.455 e. The molecule has 0 aliphatic carbocycles. The van der Waals surface area contributed by atoms with Crippen LogP contribution in [0.2, 0.25) is 0 Å². The number of aromatic nitrogens is 2. The molecule has 0 atom stereocenters.